The summed E-state index contributed by atoms with van der Waals surface area (Å²) in [5.74, 6) is -2.83. The van der Waals surface area contributed by atoms with Crippen LogP contribution in [0.4, 0.5) is 31.9 Å². The number of nitrogens with one attached hydrogen (secondary N) is 2. The number of sulfonamides is 1. The third kappa shape index (κ3) is 5.31. The monoisotopic (exact) mass is 506 g/mol. The lowest BCUT2D eigenvalue weighted by atomic mass is 9.93. The van der Waals surface area contributed by atoms with E-state index in [9.17, 15) is 22.0 Å². The molecule has 1 spiro atoms. The molecule has 2 N–H and O–H groups in total. The molecular weight excluding hydrogens is 478 g/mol. The maximum atomic E-state index is 13.3. The number of benzene rings is 1. The van der Waals surface area contributed by atoms with Gasteiger partial charge in [0.05, 0.1) is 36.3 Å². The zero-order valence-corrected chi connectivity index (χ0v) is 20.5. The molecule has 0 atom stereocenters. The first-order valence-corrected chi connectivity index (χ1v) is 13.5. The number of alkyl halides is 2. The zero-order chi connectivity index (χ0) is 25.0. The number of rotatable bonds is 6. The van der Waals surface area contributed by atoms with Crippen molar-refractivity contribution in [1.82, 2.24) is 9.97 Å². The van der Waals surface area contributed by atoms with E-state index in [0.29, 0.717) is 28.0 Å². The lowest BCUT2D eigenvalue weighted by Gasteiger charge is -2.38. The normalized spacial score (nSPS) is 20.3. The van der Waals surface area contributed by atoms with E-state index in [0.717, 1.165) is 32.2 Å². The number of amides is 1. The minimum atomic E-state index is -3.48. The Labute approximate surface area is 203 Å². The van der Waals surface area contributed by atoms with Gasteiger partial charge in [-0.25, -0.2) is 22.2 Å². The minimum absolute atomic E-state index is 0.143. The fraction of sp³-hybridized carbons (Fsp3) is 0.522. The molecule has 0 radical (unpaired) electrons. The summed E-state index contributed by atoms with van der Waals surface area (Å²) in [6.07, 6.45) is 5.62. The van der Waals surface area contributed by atoms with Crippen molar-refractivity contribution in [3.8, 4) is 0 Å². The van der Waals surface area contributed by atoms with Gasteiger partial charge in [0.2, 0.25) is 16.0 Å². The number of piperidine rings is 1. The van der Waals surface area contributed by atoms with Crippen molar-refractivity contribution in [3.05, 3.63) is 35.5 Å². The Morgan fingerprint density at radius 3 is 2.31 bits per heavy atom. The third-order valence-electron chi connectivity index (χ3n) is 6.88. The Kier molecular flexibility index (Phi) is 5.61. The molecule has 1 aliphatic carbocycles. The first-order valence-electron chi connectivity index (χ1n) is 11.6. The van der Waals surface area contributed by atoms with Gasteiger partial charge >= 0.3 is 0 Å². The Balaban J connectivity index is 1.40. The summed E-state index contributed by atoms with van der Waals surface area (Å²) in [4.78, 5) is 25.3. The van der Waals surface area contributed by atoms with E-state index in [1.54, 1.807) is 31.2 Å². The van der Waals surface area contributed by atoms with Crippen molar-refractivity contribution in [2.24, 2.45) is 5.41 Å². The largest absolute Gasteiger partial charge is 0.371 e. The van der Waals surface area contributed by atoms with E-state index >= 15 is 0 Å². The summed E-state index contributed by atoms with van der Waals surface area (Å²) in [6, 6.07) is 6.39. The molecule has 3 fully saturated rings. The molecule has 35 heavy (non-hydrogen) atoms. The summed E-state index contributed by atoms with van der Waals surface area (Å²) in [5.41, 5.74) is 2.37. The molecule has 5 rings (SSSR count). The third-order valence-corrected chi connectivity index (χ3v) is 7.49. The highest BCUT2D eigenvalue weighted by atomic mass is 32.2. The lowest BCUT2D eigenvalue weighted by molar-refractivity contribution is -0.0271. The van der Waals surface area contributed by atoms with Crippen LogP contribution in [0, 0.1) is 12.3 Å². The Morgan fingerprint density at radius 1 is 1.03 bits per heavy atom. The first-order chi connectivity index (χ1) is 16.4. The number of hydrogen-bond donors (Lipinski definition) is 2. The first kappa shape index (κ1) is 23.7. The van der Waals surface area contributed by atoms with Crippen LogP contribution in [-0.2, 0) is 10.0 Å². The molecule has 3 heterocycles. The van der Waals surface area contributed by atoms with Gasteiger partial charge in [0.15, 0.2) is 0 Å². The highest BCUT2D eigenvalue weighted by Gasteiger charge is 2.46. The molecule has 2 aromatic rings. The molecular formula is C23H28F2N6O3S. The fourth-order valence-corrected chi connectivity index (χ4v) is 5.31. The van der Waals surface area contributed by atoms with E-state index in [4.69, 9.17) is 0 Å². The molecule has 1 amide bonds. The maximum Gasteiger partial charge on any atom is 0.282 e. The van der Waals surface area contributed by atoms with Crippen molar-refractivity contribution in [3.63, 3.8) is 0 Å². The van der Waals surface area contributed by atoms with Gasteiger partial charge < -0.3 is 15.1 Å². The standard InChI is InChI=1S/C23H28F2N6O3S/c1-15-11-19(28-21(26-15)31-13-23(24,25)14-31)27-20(32)17-4-3-16(29-35(2,33)34)12-18(17)30-9-7-22(5-6-22)8-10-30/h3-4,11-12,29H,5-10,13-14H2,1-2H3,(H,26,27,28,32). The van der Waals surface area contributed by atoms with E-state index in [-0.39, 0.29) is 11.8 Å². The minimum Gasteiger partial charge on any atom is -0.371 e. The van der Waals surface area contributed by atoms with Crippen molar-refractivity contribution in [2.75, 3.05) is 52.3 Å². The van der Waals surface area contributed by atoms with Crippen LogP contribution < -0.4 is 19.8 Å². The predicted octanol–water partition coefficient (Wildman–Crippen LogP) is 3.24. The average Bonchev–Trinajstić information content (AvgIpc) is 3.49. The number of carbonyl (C=O) groups is 1. The molecule has 1 saturated carbocycles. The van der Waals surface area contributed by atoms with Crippen LogP contribution in [0.2, 0.25) is 0 Å². The summed E-state index contributed by atoms with van der Waals surface area (Å²) in [7, 11) is -3.48. The second-order valence-electron chi connectivity index (χ2n) is 9.95. The maximum absolute atomic E-state index is 13.3. The SMILES string of the molecule is Cc1cc(NC(=O)c2ccc(NS(C)(=O)=O)cc2N2CCC3(CC2)CC3)nc(N2CC(F)(F)C2)n1. The van der Waals surface area contributed by atoms with Crippen molar-refractivity contribution in [1.29, 1.82) is 0 Å². The van der Waals surface area contributed by atoms with Gasteiger partial charge in [-0.3, -0.25) is 9.52 Å². The summed E-state index contributed by atoms with van der Waals surface area (Å²) in [6.45, 7) is 2.35. The molecule has 2 aliphatic heterocycles. The van der Waals surface area contributed by atoms with Crippen LogP contribution in [0.3, 0.4) is 0 Å². The molecule has 1 aromatic carbocycles. The molecule has 0 bridgehead atoms. The van der Waals surface area contributed by atoms with Crippen molar-refractivity contribution in [2.45, 2.75) is 38.5 Å². The number of aryl methyl sites for hydroxylation is 1. The van der Waals surface area contributed by atoms with Gasteiger partial charge in [-0.15, -0.1) is 0 Å². The number of anilines is 4. The highest BCUT2D eigenvalue weighted by molar-refractivity contribution is 7.92. The Hall–Kier alpha value is -3.02. The van der Waals surface area contributed by atoms with E-state index in [1.165, 1.54) is 17.7 Å². The number of hydrogen-bond acceptors (Lipinski definition) is 7. The number of halogens is 2. The van der Waals surface area contributed by atoms with Gasteiger partial charge in [-0.2, -0.15) is 4.98 Å². The summed E-state index contributed by atoms with van der Waals surface area (Å²) < 4.78 is 52.6. The van der Waals surface area contributed by atoms with Gasteiger partial charge in [0.25, 0.3) is 11.8 Å². The zero-order valence-electron chi connectivity index (χ0n) is 19.6. The van der Waals surface area contributed by atoms with Crippen LogP contribution in [0.15, 0.2) is 24.3 Å². The molecule has 9 nitrogen and oxygen atoms in total. The van der Waals surface area contributed by atoms with Gasteiger partial charge in [-0.1, -0.05) is 0 Å². The Morgan fingerprint density at radius 2 is 1.71 bits per heavy atom. The molecule has 188 valence electrons. The van der Waals surface area contributed by atoms with Gasteiger partial charge in [0, 0.05) is 24.8 Å². The number of nitrogens with zero attached hydrogens (tertiary/aromatic N) is 4. The average molecular weight is 507 g/mol. The number of aromatic nitrogens is 2. The van der Waals surface area contributed by atoms with Crippen LogP contribution in [0.1, 0.15) is 41.7 Å². The van der Waals surface area contributed by atoms with E-state index in [1.807, 2.05) is 0 Å². The second kappa shape index (κ2) is 8.28. The van der Waals surface area contributed by atoms with Gasteiger partial charge in [-0.05, 0) is 56.2 Å². The highest BCUT2D eigenvalue weighted by Crippen LogP contribution is 2.54. The molecule has 1 aromatic heterocycles. The van der Waals surface area contributed by atoms with Gasteiger partial charge in [0.1, 0.15) is 5.82 Å². The fourth-order valence-electron chi connectivity index (χ4n) is 4.76. The van der Waals surface area contributed by atoms with Crippen LogP contribution in [0.5, 0.6) is 0 Å². The summed E-state index contributed by atoms with van der Waals surface area (Å²) in [5, 5.41) is 2.77. The van der Waals surface area contributed by atoms with Crippen LogP contribution in [-0.4, -0.2) is 62.7 Å². The number of carbonyl (C=O) groups excluding carboxylic acids is 1. The van der Waals surface area contributed by atoms with Crippen molar-refractivity contribution >= 4 is 39.1 Å². The lowest BCUT2D eigenvalue weighted by Crippen LogP contribution is -2.57. The predicted molar refractivity (Wildman–Crippen MR) is 130 cm³/mol. The smallest absolute Gasteiger partial charge is 0.282 e. The van der Waals surface area contributed by atoms with Crippen LogP contribution in [0.25, 0.3) is 0 Å². The molecule has 0 unspecified atom stereocenters. The second-order valence-corrected chi connectivity index (χ2v) is 11.7. The molecule has 2 saturated heterocycles. The summed E-state index contributed by atoms with van der Waals surface area (Å²) >= 11 is 0. The van der Waals surface area contributed by atoms with Crippen LogP contribution >= 0.6 is 0 Å². The quantitative estimate of drug-likeness (QED) is 0.619. The topological polar surface area (TPSA) is 108 Å². The molecule has 12 heteroatoms. The van der Waals surface area contributed by atoms with E-state index in [2.05, 4.69) is 24.9 Å². The molecule has 3 aliphatic rings. The Bertz CT molecular complexity index is 1260. The van der Waals surface area contributed by atoms with E-state index < -0.39 is 34.9 Å². The van der Waals surface area contributed by atoms with Crippen molar-refractivity contribution < 1.29 is 22.0 Å².